The molecule has 96 valence electrons. The van der Waals surface area contributed by atoms with Gasteiger partial charge in [-0.25, -0.2) is 4.21 Å². The van der Waals surface area contributed by atoms with Crippen LogP contribution in [0.1, 0.15) is 14.5 Å². The van der Waals surface area contributed by atoms with Crippen LogP contribution in [0, 0.1) is 6.92 Å². The van der Waals surface area contributed by atoms with Crippen molar-refractivity contribution < 1.29 is 22.8 Å². The van der Waals surface area contributed by atoms with E-state index in [-0.39, 0.29) is 19.1 Å². The van der Waals surface area contributed by atoms with E-state index in [1.807, 2.05) is 13.0 Å². The van der Waals surface area contributed by atoms with Crippen molar-refractivity contribution in [2.24, 2.45) is 0 Å². The Morgan fingerprint density at radius 2 is 2.41 bits per heavy atom. The second-order valence-corrected chi connectivity index (χ2v) is 5.19. The number of aliphatic hydroxyl groups is 1. The molecule has 2 N–H and O–H groups in total. The molecule has 0 aliphatic heterocycles. The summed E-state index contributed by atoms with van der Waals surface area (Å²) in [6, 6.07) is 3.50. The summed E-state index contributed by atoms with van der Waals surface area (Å²) in [6.45, 7) is 1.44. The van der Waals surface area contributed by atoms with Gasteiger partial charge in [0.15, 0.2) is 0 Å². The first-order chi connectivity index (χ1) is 7.99. The van der Waals surface area contributed by atoms with Crippen LogP contribution in [0.2, 0.25) is 0 Å². The van der Waals surface area contributed by atoms with Gasteiger partial charge in [-0.2, -0.15) is 0 Å². The van der Waals surface area contributed by atoms with Gasteiger partial charge >= 0.3 is 0 Å². The maximum atomic E-state index is 11.5. The largest absolute Gasteiger partial charge is 0.750 e. The standard InChI is InChI=1S/C9H13NO5S2/c1-6-2-3-8(16-6)9(12)10-4-7(11)5-15-17(13)14/h2-3,7,11H,4-5H2,1H3,(H,10,12)(H,13,14)/p-1. The zero-order valence-electron chi connectivity index (χ0n) is 9.04. The van der Waals surface area contributed by atoms with Crippen LogP contribution in [0.25, 0.3) is 0 Å². The van der Waals surface area contributed by atoms with Crippen LogP contribution >= 0.6 is 11.3 Å². The van der Waals surface area contributed by atoms with E-state index < -0.39 is 17.5 Å². The molecular formula is C9H12NO5S2-. The van der Waals surface area contributed by atoms with Crippen molar-refractivity contribution in [1.82, 2.24) is 5.32 Å². The lowest BCUT2D eigenvalue weighted by Gasteiger charge is -2.12. The van der Waals surface area contributed by atoms with E-state index in [1.165, 1.54) is 11.3 Å². The fraction of sp³-hybridized carbons (Fsp3) is 0.444. The van der Waals surface area contributed by atoms with Gasteiger partial charge in [-0.05, 0) is 19.1 Å². The van der Waals surface area contributed by atoms with E-state index in [4.69, 9.17) is 0 Å². The van der Waals surface area contributed by atoms with Crippen molar-refractivity contribution in [2.75, 3.05) is 13.2 Å². The van der Waals surface area contributed by atoms with E-state index in [9.17, 15) is 18.7 Å². The first-order valence-corrected chi connectivity index (χ1v) is 6.56. The van der Waals surface area contributed by atoms with Crippen molar-refractivity contribution in [3.05, 3.63) is 21.9 Å². The van der Waals surface area contributed by atoms with Gasteiger partial charge in [-0.15, -0.1) is 11.3 Å². The second-order valence-electron chi connectivity index (χ2n) is 3.26. The maximum Gasteiger partial charge on any atom is 0.261 e. The Hall–Kier alpha value is -0.800. The quantitative estimate of drug-likeness (QED) is 0.711. The van der Waals surface area contributed by atoms with Crippen LogP contribution in [0.4, 0.5) is 0 Å². The molecule has 0 fully saturated rings. The number of hydrogen-bond acceptors (Lipinski definition) is 6. The molecule has 0 aliphatic rings. The number of aliphatic hydroxyl groups excluding tert-OH is 1. The van der Waals surface area contributed by atoms with Crippen LogP contribution in [0.3, 0.4) is 0 Å². The van der Waals surface area contributed by atoms with E-state index in [0.29, 0.717) is 4.88 Å². The lowest BCUT2D eigenvalue weighted by atomic mass is 10.3. The summed E-state index contributed by atoms with van der Waals surface area (Å²) in [5, 5.41) is 11.8. The Labute approximate surface area is 105 Å². The smallest absolute Gasteiger partial charge is 0.261 e. The highest BCUT2D eigenvalue weighted by Gasteiger charge is 2.10. The number of rotatable bonds is 6. The van der Waals surface area contributed by atoms with Gasteiger partial charge in [-0.1, -0.05) is 0 Å². The van der Waals surface area contributed by atoms with Crippen LogP contribution in [-0.4, -0.2) is 39.0 Å². The Morgan fingerprint density at radius 1 is 1.71 bits per heavy atom. The van der Waals surface area contributed by atoms with E-state index in [2.05, 4.69) is 9.50 Å². The highest BCUT2D eigenvalue weighted by atomic mass is 32.2. The molecule has 0 saturated heterocycles. The summed E-state index contributed by atoms with van der Waals surface area (Å²) in [5.41, 5.74) is 0. The Bertz CT molecular complexity index is 406. The topological polar surface area (TPSA) is 98.7 Å². The van der Waals surface area contributed by atoms with Gasteiger partial charge in [0, 0.05) is 11.4 Å². The highest BCUT2D eigenvalue weighted by Crippen LogP contribution is 2.14. The predicted molar refractivity (Wildman–Crippen MR) is 62.3 cm³/mol. The third-order valence-corrected chi connectivity index (χ3v) is 3.15. The Kier molecular flexibility index (Phi) is 5.72. The number of carbonyl (C=O) groups is 1. The van der Waals surface area contributed by atoms with Crippen molar-refractivity contribution in [3.63, 3.8) is 0 Å². The van der Waals surface area contributed by atoms with Gasteiger partial charge < -0.3 is 15.0 Å². The minimum absolute atomic E-state index is 0.0625. The average molecular weight is 278 g/mol. The van der Waals surface area contributed by atoms with Gasteiger partial charge in [0.1, 0.15) is 0 Å². The number of aryl methyl sites for hydroxylation is 1. The molecular weight excluding hydrogens is 266 g/mol. The molecule has 0 bridgehead atoms. The molecule has 1 aromatic rings. The van der Waals surface area contributed by atoms with E-state index in [1.54, 1.807) is 6.07 Å². The summed E-state index contributed by atoms with van der Waals surface area (Å²) >= 11 is -1.31. The summed E-state index contributed by atoms with van der Waals surface area (Å²) in [5.74, 6) is -0.301. The molecule has 0 aliphatic carbocycles. The zero-order chi connectivity index (χ0) is 12.8. The maximum absolute atomic E-state index is 11.5. The third kappa shape index (κ3) is 5.37. The molecule has 0 saturated carbocycles. The molecule has 0 spiro atoms. The third-order valence-electron chi connectivity index (χ3n) is 1.82. The molecule has 8 heteroatoms. The Balaban J connectivity index is 2.30. The first-order valence-electron chi connectivity index (χ1n) is 4.74. The summed E-state index contributed by atoms with van der Waals surface area (Å²) in [6.07, 6.45) is -1.06. The minimum atomic E-state index is -2.65. The number of amides is 1. The van der Waals surface area contributed by atoms with Gasteiger partial charge in [0.25, 0.3) is 5.91 Å². The molecule has 1 amide bonds. The SMILES string of the molecule is Cc1ccc(C(=O)NCC(O)COS(=O)[O-])s1. The lowest BCUT2D eigenvalue weighted by molar-refractivity contribution is 0.0852. The molecule has 6 nitrogen and oxygen atoms in total. The van der Waals surface area contributed by atoms with Crippen molar-refractivity contribution in [1.29, 1.82) is 0 Å². The normalized spacial score (nSPS) is 14.3. The van der Waals surface area contributed by atoms with Gasteiger partial charge in [-0.3, -0.25) is 8.98 Å². The van der Waals surface area contributed by atoms with Crippen LogP contribution < -0.4 is 5.32 Å². The molecule has 1 aromatic heterocycles. The van der Waals surface area contributed by atoms with Crippen molar-refractivity contribution in [2.45, 2.75) is 13.0 Å². The summed E-state index contributed by atoms with van der Waals surface area (Å²) < 4.78 is 24.3. The number of hydrogen-bond donors (Lipinski definition) is 2. The van der Waals surface area contributed by atoms with Gasteiger partial charge in [0.2, 0.25) is 0 Å². The van der Waals surface area contributed by atoms with Crippen molar-refractivity contribution in [3.8, 4) is 0 Å². The molecule has 1 heterocycles. The monoisotopic (exact) mass is 278 g/mol. The Morgan fingerprint density at radius 3 is 2.94 bits per heavy atom. The lowest BCUT2D eigenvalue weighted by Crippen LogP contribution is -2.34. The van der Waals surface area contributed by atoms with E-state index >= 15 is 0 Å². The van der Waals surface area contributed by atoms with Crippen LogP contribution in [-0.2, 0) is 15.5 Å². The fourth-order valence-corrected chi connectivity index (χ4v) is 2.10. The van der Waals surface area contributed by atoms with Crippen LogP contribution in [0.15, 0.2) is 12.1 Å². The number of carbonyl (C=O) groups excluding carboxylic acids is 1. The highest BCUT2D eigenvalue weighted by molar-refractivity contribution is 7.74. The van der Waals surface area contributed by atoms with Gasteiger partial charge in [0.05, 0.1) is 28.9 Å². The zero-order valence-corrected chi connectivity index (χ0v) is 10.7. The molecule has 2 atom stereocenters. The molecule has 0 radical (unpaired) electrons. The van der Waals surface area contributed by atoms with Crippen LogP contribution in [0.5, 0.6) is 0 Å². The summed E-state index contributed by atoms with van der Waals surface area (Å²) in [7, 11) is 0. The number of nitrogens with one attached hydrogen (secondary N) is 1. The second kappa shape index (κ2) is 6.82. The fourth-order valence-electron chi connectivity index (χ4n) is 1.05. The predicted octanol–water partition coefficient (Wildman–Crippen LogP) is -0.0421. The average Bonchev–Trinajstić information content (AvgIpc) is 2.70. The molecule has 17 heavy (non-hydrogen) atoms. The summed E-state index contributed by atoms with van der Waals surface area (Å²) in [4.78, 5) is 13.1. The van der Waals surface area contributed by atoms with E-state index in [0.717, 1.165) is 4.88 Å². The molecule has 1 rings (SSSR count). The first kappa shape index (κ1) is 14.3. The molecule has 2 unspecified atom stereocenters. The minimum Gasteiger partial charge on any atom is -0.750 e. The molecule has 0 aromatic carbocycles. The van der Waals surface area contributed by atoms with Crippen molar-refractivity contribution >= 4 is 28.6 Å². The number of thiophene rings is 1.